The fraction of sp³-hybridized carbons (Fsp3) is 0.500. The number of benzene rings is 1. The lowest BCUT2D eigenvalue weighted by atomic mass is 10.1. The molecule has 72 valence electrons. The van der Waals surface area contributed by atoms with E-state index in [9.17, 15) is 0 Å². The van der Waals surface area contributed by atoms with Crippen LogP contribution in [0.5, 0.6) is 0 Å². The number of hydrogen-bond donors (Lipinski definition) is 1. The molecule has 0 heterocycles. The first-order valence-corrected chi connectivity index (χ1v) is 5.04. The van der Waals surface area contributed by atoms with E-state index in [0.717, 1.165) is 6.54 Å². The first-order chi connectivity index (χ1) is 6.24. The molecule has 1 aromatic carbocycles. The Labute approximate surface area is 81.2 Å². The van der Waals surface area contributed by atoms with Gasteiger partial charge in [-0.25, -0.2) is 0 Å². The van der Waals surface area contributed by atoms with E-state index in [-0.39, 0.29) is 0 Å². The second kappa shape index (κ2) is 5.03. The van der Waals surface area contributed by atoms with Crippen LogP contribution in [0.25, 0.3) is 0 Å². The molecule has 1 atom stereocenters. The minimum atomic E-state index is 0.472. The number of hydrogen-bond acceptors (Lipinski definition) is 1. The van der Waals surface area contributed by atoms with E-state index in [0.29, 0.717) is 6.04 Å². The maximum Gasteiger partial charge on any atom is 0.0291 e. The van der Waals surface area contributed by atoms with Crippen molar-refractivity contribution in [3.05, 3.63) is 35.4 Å². The van der Waals surface area contributed by atoms with Crippen LogP contribution in [0.1, 0.15) is 37.4 Å². The highest BCUT2D eigenvalue weighted by Gasteiger charge is 2.02. The zero-order valence-corrected chi connectivity index (χ0v) is 8.80. The van der Waals surface area contributed by atoms with Crippen LogP contribution in [-0.4, -0.2) is 6.54 Å². The molecule has 0 unspecified atom stereocenters. The minimum absolute atomic E-state index is 0.472. The molecule has 0 saturated heterocycles. The van der Waals surface area contributed by atoms with Gasteiger partial charge in [0.1, 0.15) is 0 Å². The van der Waals surface area contributed by atoms with E-state index in [1.807, 2.05) is 0 Å². The van der Waals surface area contributed by atoms with Gasteiger partial charge >= 0.3 is 0 Å². The van der Waals surface area contributed by atoms with Crippen LogP contribution in [0.4, 0.5) is 0 Å². The Balaban J connectivity index is 2.60. The zero-order chi connectivity index (χ0) is 9.68. The second-order valence-electron chi connectivity index (χ2n) is 3.59. The van der Waals surface area contributed by atoms with Gasteiger partial charge in [0.25, 0.3) is 0 Å². The lowest BCUT2D eigenvalue weighted by Gasteiger charge is -2.13. The van der Waals surface area contributed by atoms with Crippen LogP contribution in [0.3, 0.4) is 0 Å². The minimum Gasteiger partial charge on any atom is -0.310 e. The Morgan fingerprint density at radius 3 is 2.77 bits per heavy atom. The van der Waals surface area contributed by atoms with Crippen molar-refractivity contribution in [3.63, 3.8) is 0 Å². The van der Waals surface area contributed by atoms with Crippen molar-refractivity contribution in [2.24, 2.45) is 0 Å². The average Bonchev–Trinajstić information content (AvgIpc) is 2.14. The fourth-order valence-corrected chi connectivity index (χ4v) is 1.42. The normalized spacial score (nSPS) is 12.8. The predicted octanol–water partition coefficient (Wildman–Crippen LogP) is 3.06. The first kappa shape index (κ1) is 10.3. The summed E-state index contributed by atoms with van der Waals surface area (Å²) in [5.74, 6) is 0. The summed E-state index contributed by atoms with van der Waals surface area (Å²) in [6, 6.07) is 9.15. The molecule has 0 saturated carbocycles. The lowest BCUT2D eigenvalue weighted by Crippen LogP contribution is -2.19. The van der Waals surface area contributed by atoms with E-state index >= 15 is 0 Å². The molecular weight excluding hydrogens is 158 g/mol. The molecule has 0 aliphatic carbocycles. The lowest BCUT2D eigenvalue weighted by molar-refractivity contribution is 0.570. The Kier molecular flexibility index (Phi) is 3.97. The van der Waals surface area contributed by atoms with Crippen LogP contribution in [0.2, 0.25) is 0 Å². The van der Waals surface area contributed by atoms with Gasteiger partial charge in [0.05, 0.1) is 0 Å². The molecule has 0 spiro atoms. The van der Waals surface area contributed by atoms with Gasteiger partial charge in [-0.15, -0.1) is 0 Å². The van der Waals surface area contributed by atoms with Gasteiger partial charge in [0, 0.05) is 6.04 Å². The topological polar surface area (TPSA) is 12.0 Å². The molecule has 13 heavy (non-hydrogen) atoms. The van der Waals surface area contributed by atoms with Gasteiger partial charge in [0.2, 0.25) is 0 Å². The number of nitrogens with one attached hydrogen (secondary N) is 1. The molecule has 0 radical (unpaired) electrons. The summed E-state index contributed by atoms with van der Waals surface area (Å²) in [5.41, 5.74) is 2.72. The zero-order valence-electron chi connectivity index (χ0n) is 8.80. The van der Waals surface area contributed by atoms with Crippen LogP contribution in [0.15, 0.2) is 24.3 Å². The second-order valence-corrected chi connectivity index (χ2v) is 3.59. The van der Waals surface area contributed by atoms with Crippen molar-refractivity contribution in [2.45, 2.75) is 33.2 Å². The maximum atomic E-state index is 3.48. The van der Waals surface area contributed by atoms with Gasteiger partial charge in [-0.1, -0.05) is 36.8 Å². The van der Waals surface area contributed by atoms with Crippen molar-refractivity contribution in [3.8, 4) is 0 Å². The Morgan fingerprint density at radius 2 is 2.15 bits per heavy atom. The summed E-state index contributed by atoms with van der Waals surface area (Å²) < 4.78 is 0. The molecule has 0 fully saturated rings. The number of rotatable bonds is 4. The molecule has 1 aromatic rings. The summed E-state index contributed by atoms with van der Waals surface area (Å²) in [4.78, 5) is 0. The largest absolute Gasteiger partial charge is 0.310 e. The maximum absolute atomic E-state index is 3.48. The summed E-state index contributed by atoms with van der Waals surface area (Å²) in [6.45, 7) is 7.63. The highest BCUT2D eigenvalue weighted by Crippen LogP contribution is 2.13. The van der Waals surface area contributed by atoms with E-state index < -0.39 is 0 Å². The summed E-state index contributed by atoms with van der Waals surface area (Å²) in [6.07, 6.45) is 1.19. The molecule has 1 rings (SSSR count). The quantitative estimate of drug-likeness (QED) is 0.745. The van der Waals surface area contributed by atoms with Crippen LogP contribution >= 0.6 is 0 Å². The van der Waals surface area contributed by atoms with Crippen LogP contribution in [0, 0.1) is 6.92 Å². The number of aryl methyl sites for hydroxylation is 1. The summed E-state index contributed by atoms with van der Waals surface area (Å²) in [5, 5.41) is 3.48. The molecule has 0 aromatic heterocycles. The molecule has 0 bridgehead atoms. The van der Waals surface area contributed by atoms with Gasteiger partial charge in [-0.05, 0) is 32.4 Å². The first-order valence-electron chi connectivity index (χ1n) is 5.04. The van der Waals surface area contributed by atoms with E-state index in [1.165, 1.54) is 17.5 Å². The van der Waals surface area contributed by atoms with Gasteiger partial charge in [-0.3, -0.25) is 0 Å². The van der Waals surface area contributed by atoms with Gasteiger partial charge in [-0.2, -0.15) is 0 Å². The molecule has 0 amide bonds. The van der Waals surface area contributed by atoms with Gasteiger partial charge < -0.3 is 5.32 Å². The predicted molar refractivity (Wildman–Crippen MR) is 57.9 cm³/mol. The van der Waals surface area contributed by atoms with Crippen molar-refractivity contribution in [2.75, 3.05) is 6.54 Å². The SMILES string of the molecule is CCCN[C@@H](C)c1cccc(C)c1. The highest BCUT2D eigenvalue weighted by atomic mass is 14.9. The van der Waals surface area contributed by atoms with E-state index in [1.54, 1.807) is 0 Å². The molecular formula is C12H19N. The van der Waals surface area contributed by atoms with Gasteiger partial charge in [0.15, 0.2) is 0 Å². The summed E-state index contributed by atoms with van der Waals surface area (Å²) >= 11 is 0. The third kappa shape index (κ3) is 3.19. The monoisotopic (exact) mass is 177 g/mol. The standard InChI is InChI=1S/C12H19N/c1-4-8-13-11(3)12-7-5-6-10(2)9-12/h5-7,9,11,13H,4,8H2,1-3H3/t11-/m0/s1. The Bertz CT molecular complexity index is 255. The molecule has 1 heteroatoms. The van der Waals surface area contributed by atoms with E-state index in [4.69, 9.17) is 0 Å². The third-order valence-electron chi connectivity index (χ3n) is 2.24. The van der Waals surface area contributed by atoms with Crippen LogP contribution < -0.4 is 5.32 Å². The Hall–Kier alpha value is -0.820. The molecule has 1 nitrogen and oxygen atoms in total. The van der Waals surface area contributed by atoms with Crippen molar-refractivity contribution in [1.29, 1.82) is 0 Å². The summed E-state index contributed by atoms with van der Waals surface area (Å²) in [7, 11) is 0. The van der Waals surface area contributed by atoms with Crippen molar-refractivity contribution < 1.29 is 0 Å². The molecule has 0 aliphatic rings. The molecule has 1 N–H and O–H groups in total. The average molecular weight is 177 g/mol. The third-order valence-corrected chi connectivity index (χ3v) is 2.24. The van der Waals surface area contributed by atoms with Crippen LogP contribution in [-0.2, 0) is 0 Å². The van der Waals surface area contributed by atoms with Crippen molar-refractivity contribution >= 4 is 0 Å². The molecule has 0 aliphatic heterocycles. The van der Waals surface area contributed by atoms with E-state index in [2.05, 4.69) is 50.4 Å². The Morgan fingerprint density at radius 1 is 1.38 bits per heavy atom. The van der Waals surface area contributed by atoms with Crippen molar-refractivity contribution in [1.82, 2.24) is 5.32 Å². The smallest absolute Gasteiger partial charge is 0.0291 e. The fourth-order valence-electron chi connectivity index (χ4n) is 1.42. The highest BCUT2D eigenvalue weighted by molar-refractivity contribution is 5.24.